The van der Waals surface area contributed by atoms with Gasteiger partial charge >= 0.3 is 0 Å². The highest BCUT2D eigenvalue weighted by atomic mass is 16.5. The van der Waals surface area contributed by atoms with Crippen molar-refractivity contribution in [2.75, 3.05) is 38.5 Å². The maximum atomic E-state index is 12.2. The number of hydrogen-bond acceptors (Lipinski definition) is 5. The van der Waals surface area contributed by atoms with Crippen LogP contribution in [0.5, 0.6) is 17.2 Å². The Morgan fingerprint density at radius 1 is 0.960 bits per heavy atom. The van der Waals surface area contributed by atoms with Gasteiger partial charge in [-0.15, -0.1) is 0 Å². The van der Waals surface area contributed by atoms with Crippen LogP contribution in [0.4, 0.5) is 11.4 Å². The van der Waals surface area contributed by atoms with Crippen LogP contribution in [0.15, 0.2) is 36.4 Å². The van der Waals surface area contributed by atoms with Gasteiger partial charge in [0.2, 0.25) is 11.7 Å². The van der Waals surface area contributed by atoms with Crippen LogP contribution in [0, 0.1) is 6.92 Å². The lowest BCUT2D eigenvalue weighted by Crippen LogP contribution is -2.16. The van der Waals surface area contributed by atoms with Gasteiger partial charge < -0.3 is 24.8 Å². The molecule has 2 aromatic rings. The molecule has 0 aliphatic rings. The van der Waals surface area contributed by atoms with Crippen molar-refractivity contribution >= 4 is 17.3 Å². The molecule has 0 saturated heterocycles. The van der Waals surface area contributed by atoms with Gasteiger partial charge in [0.05, 0.1) is 21.3 Å². The molecule has 2 rings (SSSR count). The van der Waals surface area contributed by atoms with Crippen molar-refractivity contribution in [1.82, 2.24) is 0 Å². The predicted molar refractivity (Wildman–Crippen MR) is 99.0 cm³/mol. The number of aryl methyl sites for hydroxylation is 1. The summed E-state index contributed by atoms with van der Waals surface area (Å²) in [6.45, 7) is 2.57. The summed E-state index contributed by atoms with van der Waals surface area (Å²) in [6, 6.07) is 11.4. The Morgan fingerprint density at radius 3 is 2.20 bits per heavy atom. The molecule has 0 heterocycles. The molecule has 6 nitrogen and oxygen atoms in total. The number of amides is 1. The quantitative estimate of drug-likeness (QED) is 0.767. The number of carbonyl (C=O) groups is 1. The average molecular weight is 344 g/mol. The molecule has 0 radical (unpaired) electrons. The lowest BCUT2D eigenvalue weighted by molar-refractivity contribution is -0.115. The van der Waals surface area contributed by atoms with Crippen LogP contribution in [0.25, 0.3) is 0 Å². The van der Waals surface area contributed by atoms with E-state index < -0.39 is 0 Å². The molecule has 0 atom stereocenters. The summed E-state index contributed by atoms with van der Waals surface area (Å²) in [5.41, 5.74) is 2.77. The van der Waals surface area contributed by atoms with Crippen molar-refractivity contribution in [1.29, 1.82) is 0 Å². The van der Waals surface area contributed by atoms with E-state index in [9.17, 15) is 4.79 Å². The Kier molecular flexibility index (Phi) is 6.51. The number of anilines is 2. The van der Waals surface area contributed by atoms with E-state index in [4.69, 9.17) is 14.2 Å². The minimum Gasteiger partial charge on any atom is -0.493 e. The van der Waals surface area contributed by atoms with Crippen molar-refractivity contribution in [2.45, 2.75) is 13.3 Å². The molecule has 0 bridgehead atoms. The topological polar surface area (TPSA) is 68.8 Å². The van der Waals surface area contributed by atoms with Crippen molar-refractivity contribution in [3.8, 4) is 17.2 Å². The molecule has 0 aromatic heterocycles. The Hall–Kier alpha value is -2.89. The molecule has 1 amide bonds. The lowest BCUT2D eigenvalue weighted by atomic mass is 10.2. The van der Waals surface area contributed by atoms with E-state index >= 15 is 0 Å². The van der Waals surface area contributed by atoms with Crippen LogP contribution in [-0.4, -0.2) is 33.8 Å². The first-order valence-electron chi connectivity index (χ1n) is 7.97. The minimum atomic E-state index is -0.102. The Balaban J connectivity index is 1.95. The second kappa shape index (κ2) is 8.82. The van der Waals surface area contributed by atoms with Gasteiger partial charge in [0.25, 0.3) is 0 Å². The SMILES string of the molecule is COc1cc(NC(=O)CCNc2cccc(C)c2)cc(OC)c1OC. The number of ether oxygens (including phenoxy) is 3. The molecule has 25 heavy (non-hydrogen) atoms. The summed E-state index contributed by atoms with van der Waals surface area (Å²) in [4.78, 5) is 12.2. The third-order valence-electron chi connectivity index (χ3n) is 3.65. The van der Waals surface area contributed by atoms with E-state index in [1.165, 1.54) is 26.9 Å². The summed E-state index contributed by atoms with van der Waals surface area (Å²) < 4.78 is 15.8. The van der Waals surface area contributed by atoms with E-state index in [2.05, 4.69) is 10.6 Å². The van der Waals surface area contributed by atoms with Crippen molar-refractivity contribution < 1.29 is 19.0 Å². The van der Waals surface area contributed by atoms with Crippen LogP contribution >= 0.6 is 0 Å². The number of nitrogens with one attached hydrogen (secondary N) is 2. The second-order valence-electron chi connectivity index (χ2n) is 5.51. The molecule has 134 valence electrons. The van der Waals surface area contributed by atoms with Gasteiger partial charge in [0.15, 0.2) is 11.5 Å². The molecular formula is C19H24N2O4. The number of benzene rings is 2. The predicted octanol–water partition coefficient (Wildman–Crippen LogP) is 3.46. The van der Waals surface area contributed by atoms with Crippen LogP contribution in [0.1, 0.15) is 12.0 Å². The fourth-order valence-electron chi connectivity index (χ4n) is 2.45. The average Bonchev–Trinajstić information content (AvgIpc) is 2.60. The zero-order valence-electron chi connectivity index (χ0n) is 15.0. The van der Waals surface area contributed by atoms with Crippen LogP contribution in [0.3, 0.4) is 0 Å². The Labute approximate surface area is 148 Å². The maximum absolute atomic E-state index is 12.2. The van der Waals surface area contributed by atoms with Crippen LogP contribution < -0.4 is 24.8 Å². The van der Waals surface area contributed by atoms with Crippen molar-refractivity contribution in [3.63, 3.8) is 0 Å². The van der Waals surface area contributed by atoms with Gasteiger partial charge in [0, 0.05) is 36.5 Å². The summed E-state index contributed by atoms with van der Waals surface area (Å²) in [6.07, 6.45) is 0.338. The first-order valence-corrected chi connectivity index (χ1v) is 7.97. The largest absolute Gasteiger partial charge is 0.493 e. The van der Waals surface area contributed by atoms with Gasteiger partial charge in [-0.05, 0) is 24.6 Å². The molecule has 0 aliphatic carbocycles. The van der Waals surface area contributed by atoms with E-state index in [-0.39, 0.29) is 5.91 Å². The van der Waals surface area contributed by atoms with Gasteiger partial charge in [-0.3, -0.25) is 4.79 Å². The summed E-state index contributed by atoms with van der Waals surface area (Å²) >= 11 is 0. The normalized spacial score (nSPS) is 10.1. The van der Waals surface area contributed by atoms with E-state index in [1.807, 2.05) is 31.2 Å². The Bertz CT molecular complexity index is 706. The maximum Gasteiger partial charge on any atom is 0.226 e. The van der Waals surface area contributed by atoms with Crippen molar-refractivity contribution in [3.05, 3.63) is 42.0 Å². The molecular weight excluding hydrogens is 320 g/mol. The van der Waals surface area contributed by atoms with Crippen molar-refractivity contribution in [2.24, 2.45) is 0 Å². The van der Waals surface area contributed by atoms with Crippen LogP contribution in [-0.2, 0) is 4.79 Å². The minimum absolute atomic E-state index is 0.102. The highest BCUT2D eigenvalue weighted by Gasteiger charge is 2.14. The summed E-state index contributed by atoms with van der Waals surface area (Å²) in [7, 11) is 4.61. The van der Waals surface area contributed by atoms with Gasteiger partial charge in [-0.1, -0.05) is 12.1 Å². The van der Waals surface area contributed by atoms with Gasteiger partial charge in [-0.25, -0.2) is 0 Å². The van der Waals surface area contributed by atoms with E-state index in [1.54, 1.807) is 12.1 Å². The number of carbonyl (C=O) groups excluding carboxylic acids is 1. The highest BCUT2D eigenvalue weighted by molar-refractivity contribution is 5.91. The molecule has 0 fully saturated rings. The molecule has 6 heteroatoms. The lowest BCUT2D eigenvalue weighted by Gasteiger charge is -2.14. The summed E-state index contributed by atoms with van der Waals surface area (Å²) in [5.74, 6) is 1.38. The standard InChI is InChI=1S/C19H24N2O4/c1-13-6-5-7-14(10-13)20-9-8-18(22)21-15-11-16(23-2)19(25-4)17(12-15)24-3/h5-7,10-12,20H,8-9H2,1-4H3,(H,21,22). The molecule has 0 aliphatic heterocycles. The number of methoxy groups -OCH3 is 3. The zero-order chi connectivity index (χ0) is 18.2. The number of rotatable bonds is 8. The zero-order valence-corrected chi connectivity index (χ0v) is 15.0. The Morgan fingerprint density at radius 2 is 1.64 bits per heavy atom. The first kappa shape index (κ1) is 18.4. The molecule has 2 N–H and O–H groups in total. The fourth-order valence-corrected chi connectivity index (χ4v) is 2.45. The molecule has 0 saturated carbocycles. The van der Waals surface area contributed by atoms with Crippen LogP contribution in [0.2, 0.25) is 0 Å². The smallest absolute Gasteiger partial charge is 0.226 e. The van der Waals surface area contributed by atoms with Gasteiger partial charge in [0.1, 0.15) is 0 Å². The second-order valence-corrected chi connectivity index (χ2v) is 5.51. The highest BCUT2D eigenvalue weighted by Crippen LogP contribution is 2.39. The molecule has 2 aromatic carbocycles. The van der Waals surface area contributed by atoms with Gasteiger partial charge in [-0.2, -0.15) is 0 Å². The molecule has 0 spiro atoms. The summed E-state index contributed by atoms with van der Waals surface area (Å²) in [5, 5.41) is 6.08. The monoisotopic (exact) mass is 344 g/mol. The third-order valence-corrected chi connectivity index (χ3v) is 3.65. The van der Waals surface area contributed by atoms with E-state index in [0.717, 1.165) is 5.69 Å². The third kappa shape index (κ3) is 5.04. The van der Waals surface area contributed by atoms with E-state index in [0.29, 0.717) is 35.9 Å². The number of hydrogen-bond donors (Lipinski definition) is 2. The fraction of sp³-hybridized carbons (Fsp3) is 0.316. The first-order chi connectivity index (χ1) is 12.1. The molecule has 0 unspecified atom stereocenters.